The molecule has 0 saturated carbocycles. The van der Waals surface area contributed by atoms with Crippen molar-refractivity contribution in [2.45, 2.75) is 0 Å². The fourth-order valence-electron chi connectivity index (χ4n) is 0.826. The largest absolute Gasteiger partial charge is 0.522 e. The number of benzene rings is 1. The molecule has 5 nitrogen and oxygen atoms in total. The van der Waals surface area contributed by atoms with Gasteiger partial charge in [-0.3, -0.25) is 0 Å². The highest BCUT2D eigenvalue weighted by molar-refractivity contribution is 6.61. The van der Waals surface area contributed by atoms with E-state index in [4.69, 9.17) is 16.3 Å². The van der Waals surface area contributed by atoms with Gasteiger partial charge in [0.2, 0.25) is 0 Å². The molecular weight excluding hydrogens is 224 g/mol. The number of ether oxygens (including phenoxy) is 3. The third kappa shape index (κ3) is 3.86. The van der Waals surface area contributed by atoms with E-state index in [-0.39, 0.29) is 5.75 Å². The minimum atomic E-state index is -1.24. The zero-order chi connectivity index (χ0) is 11.3. The number of hydrogen-bond donors (Lipinski definition) is 0. The van der Waals surface area contributed by atoms with Crippen molar-refractivity contribution in [2.24, 2.45) is 0 Å². The number of hydrogen-bond acceptors (Lipinski definition) is 5. The molecule has 6 heteroatoms. The van der Waals surface area contributed by atoms with Gasteiger partial charge in [0, 0.05) is 11.6 Å². The van der Waals surface area contributed by atoms with E-state index in [0.29, 0.717) is 5.75 Å². The van der Waals surface area contributed by atoms with Crippen LogP contribution in [0.2, 0.25) is 0 Å². The van der Waals surface area contributed by atoms with E-state index in [0.717, 1.165) is 0 Å². The van der Waals surface area contributed by atoms with Crippen LogP contribution in [0.25, 0.3) is 0 Å². The van der Waals surface area contributed by atoms with Crippen molar-refractivity contribution in [3.8, 4) is 11.5 Å². The maximum atomic E-state index is 10.8. The van der Waals surface area contributed by atoms with Gasteiger partial charge in [-0.25, -0.2) is 9.59 Å². The Labute approximate surface area is 90.5 Å². The molecule has 0 N–H and O–H groups in total. The Bertz CT molecular complexity index is 359. The maximum absolute atomic E-state index is 10.8. The first kappa shape index (κ1) is 11.3. The van der Waals surface area contributed by atoms with Gasteiger partial charge >= 0.3 is 11.6 Å². The minimum Gasteiger partial charge on any atom is -0.497 e. The van der Waals surface area contributed by atoms with Gasteiger partial charge in [-0.1, -0.05) is 0 Å². The summed E-state index contributed by atoms with van der Waals surface area (Å²) >= 11 is 4.80. The molecule has 0 fully saturated rings. The summed E-state index contributed by atoms with van der Waals surface area (Å²) in [4.78, 5) is 21.0. The summed E-state index contributed by atoms with van der Waals surface area (Å²) in [5.74, 6) is 0.836. The van der Waals surface area contributed by atoms with Crippen molar-refractivity contribution in [1.82, 2.24) is 0 Å². The summed E-state index contributed by atoms with van der Waals surface area (Å²) < 4.78 is 13.4. The Balaban J connectivity index is 2.57. The van der Waals surface area contributed by atoms with Crippen LogP contribution in [0.4, 0.5) is 9.59 Å². The maximum Gasteiger partial charge on any atom is 0.522 e. The standard InChI is InChI=1S/C9H7ClO5/c1-13-6-2-4-7(5-3-6)14-9(12)15-8(10)11/h2-5H,1H3. The predicted octanol–water partition coefficient (Wildman–Crippen LogP) is 2.57. The second-order valence-corrected chi connectivity index (χ2v) is 2.68. The van der Waals surface area contributed by atoms with E-state index in [1.807, 2.05) is 0 Å². The molecule has 0 aliphatic heterocycles. The molecule has 0 aromatic heterocycles. The molecule has 0 unspecified atom stereocenters. The lowest BCUT2D eigenvalue weighted by atomic mass is 10.3. The van der Waals surface area contributed by atoms with E-state index in [1.54, 1.807) is 12.1 Å². The first-order valence-corrected chi connectivity index (χ1v) is 4.23. The van der Waals surface area contributed by atoms with E-state index in [9.17, 15) is 9.59 Å². The average Bonchev–Trinajstić information content (AvgIpc) is 2.17. The van der Waals surface area contributed by atoms with Gasteiger partial charge in [0.25, 0.3) is 0 Å². The molecule has 1 aromatic carbocycles. The number of carbonyl (C=O) groups excluding carboxylic acids is 2. The van der Waals surface area contributed by atoms with Crippen molar-refractivity contribution in [2.75, 3.05) is 7.11 Å². The Morgan fingerprint density at radius 2 is 1.67 bits per heavy atom. The fraction of sp³-hybridized carbons (Fsp3) is 0.111. The lowest BCUT2D eigenvalue weighted by Crippen LogP contribution is -2.11. The molecule has 0 radical (unpaired) electrons. The second-order valence-electron chi connectivity index (χ2n) is 2.37. The van der Waals surface area contributed by atoms with Crippen molar-refractivity contribution >= 4 is 23.2 Å². The third-order valence-corrected chi connectivity index (χ3v) is 1.50. The van der Waals surface area contributed by atoms with Gasteiger partial charge in [0.1, 0.15) is 11.5 Å². The van der Waals surface area contributed by atoms with Crippen LogP contribution in [0, 0.1) is 0 Å². The van der Waals surface area contributed by atoms with Crippen LogP contribution in [0.3, 0.4) is 0 Å². The summed E-state index contributed by atoms with van der Waals surface area (Å²) in [6.45, 7) is 0. The smallest absolute Gasteiger partial charge is 0.497 e. The van der Waals surface area contributed by atoms with E-state index in [2.05, 4.69) is 9.47 Å². The van der Waals surface area contributed by atoms with Crippen molar-refractivity contribution in [3.63, 3.8) is 0 Å². The minimum absolute atomic E-state index is 0.221. The van der Waals surface area contributed by atoms with Crippen LogP contribution >= 0.6 is 11.6 Å². The Hall–Kier alpha value is -1.75. The summed E-state index contributed by atoms with van der Waals surface area (Å²) in [6, 6.07) is 6.15. The SMILES string of the molecule is COc1ccc(OC(=O)OC(=O)Cl)cc1. The van der Waals surface area contributed by atoms with Crippen molar-refractivity contribution in [3.05, 3.63) is 24.3 Å². The average molecular weight is 231 g/mol. The second kappa shape index (κ2) is 5.21. The lowest BCUT2D eigenvalue weighted by molar-refractivity contribution is 0.127. The van der Waals surface area contributed by atoms with E-state index in [1.165, 1.54) is 19.2 Å². The predicted molar refractivity (Wildman–Crippen MR) is 51.4 cm³/mol. The molecule has 0 saturated heterocycles. The first-order chi connectivity index (χ1) is 7.11. The van der Waals surface area contributed by atoms with Gasteiger partial charge in [-0.2, -0.15) is 0 Å². The third-order valence-electron chi connectivity index (χ3n) is 1.42. The monoisotopic (exact) mass is 230 g/mol. The Morgan fingerprint density at radius 3 is 2.13 bits per heavy atom. The van der Waals surface area contributed by atoms with Crippen molar-refractivity contribution in [1.29, 1.82) is 0 Å². The highest BCUT2D eigenvalue weighted by Crippen LogP contribution is 2.17. The molecule has 1 aromatic rings. The van der Waals surface area contributed by atoms with Gasteiger partial charge in [-0.05, 0) is 24.3 Å². The number of rotatable bonds is 2. The van der Waals surface area contributed by atoms with Crippen LogP contribution in [0.5, 0.6) is 11.5 Å². The van der Waals surface area contributed by atoms with Gasteiger partial charge in [-0.15, -0.1) is 0 Å². The van der Waals surface area contributed by atoms with Crippen LogP contribution in [-0.2, 0) is 4.74 Å². The Kier molecular flexibility index (Phi) is 3.93. The van der Waals surface area contributed by atoms with Gasteiger partial charge in [0.05, 0.1) is 7.11 Å². The van der Waals surface area contributed by atoms with Gasteiger partial charge < -0.3 is 14.2 Å². The molecule has 0 aliphatic carbocycles. The quantitative estimate of drug-likeness (QED) is 0.338. The van der Waals surface area contributed by atoms with E-state index < -0.39 is 11.6 Å². The zero-order valence-corrected chi connectivity index (χ0v) is 8.48. The summed E-state index contributed by atoms with van der Waals surface area (Å²) in [5.41, 5.74) is -1.24. The van der Waals surface area contributed by atoms with Crippen LogP contribution < -0.4 is 9.47 Å². The van der Waals surface area contributed by atoms with Gasteiger partial charge in [0.15, 0.2) is 0 Å². The molecule has 0 aliphatic rings. The molecule has 0 atom stereocenters. The Morgan fingerprint density at radius 1 is 1.13 bits per heavy atom. The topological polar surface area (TPSA) is 61.8 Å². The van der Waals surface area contributed by atoms with Crippen LogP contribution in [0.1, 0.15) is 0 Å². The van der Waals surface area contributed by atoms with Crippen LogP contribution in [-0.4, -0.2) is 18.7 Å². The molecule has 0 heterocycles. The molecule has 0 spiro atoms. The van der Waals surface area contributed by atoms with E-state index >= 15 is 0 Å². The number of halogens is 1. The summed E-state index contributed by atoms with van der Waals surface area (Å²) in [7, 11) is 1.51. The molecule has 80 valence electrons. The highest BCUT2D eigenvalue weighted by atomic mass is 35.5. The fourth-order valence-corrected chi connectivity index (χ4v) is 0.889. The molecule has 1 rings (SSSR count). The lowest BCUT2D eigenvalue weighted by Gasteiger charge is -2.03. The normalized spacial score (nSPS) is 9.20. The summed E-state index contributed by atoms with van der Waals surface area (Å²) in [6.07, 6.45) is -1.18. The molecule has 0 amide bonds. The number of carbonyl (C=O) groups is 2. The van der Waals surface area contributed by atoms with Crippen molar-refractivity contribution < 1.29 is 23.8 Å². The molecule has 15 heavy (non-hydrogen) atoms. The zero-order valence-electron chi connectivity index (χ0n) is 7.73. The molecule has 0 bridgehead atoms. The molecular formula is C9H7ClO5. The highest BCUT2D eigenvalue weighted by Gasteiger charge is 2.09. The summed E-state index contributed by atoms with van der Waals surface area (Å²) in [5, 5.41) is 0. The number of methoxy groups -OCH3 is 1. The van der Waals surface area contributed by atoms with Crippen LogP contribution in [0.15, 0.2) is 24.3 Å². The first-order valence-electron chi connectivity index (χ1n) is 3.85.